The summed E-state index contributed by atoms with van der Waals surface area (Å²) in [4.78, 5) is 17.9. The minimum atomic E-state index is 0.336. The molecular weight excluding hydrogens is 442 g/mol. The molecule has 0 aliphatic carbocycles. The van der Waals surface area contributed by atoms with Gasteiger partial charge in [0.25, 0.3) is 0 Å². The van der Waals surface area contributed by atoms with E-state index in [1.54, 1.807) is 17.4 Å². The van der Waals surface area contributed by atoms with Gasteiger partial charge in [0, 0.05) is 30.2 Å². The molecule has 0 amide bonds. The van der Waals surface area contributed by atoms with Gasteiger partial charge in [0.2, 0.25) is 0 Å². The highest BCUT2D eigenvalue weighted by Gasteiger charge is 2.18. The minimum Gasteiger partial charge on any atom is -0.384 e. The average Bonchev–Trinajstić information content (AvgIpc) is 3.28. The Balaban J connectivity index is 1.68. The highest BCUT2D eigenvalue weighted by molar-refractivity contribution is 7.14. The molecule has 2 aromatic heterocycles. The molecule has 0 fully saturated rings. The number of thiazole rings is 1. The average molecular weight is 474 g/mol. The molecule has 8 heteroatoms. The van der Waals surface area contributed by atoms with E-state index in [2.05, 4.69) is 90.2 Å². The normalized spacial score (nSPS) is 11.2. The van der Waals surface area contributed by atoms with Crippen LogP contribution in [0.5, 0.6) is 0 Å². The Hall–Kier alpha value is -3.49. The molecule has 34 heavy (non-hydrogen) atoms. The number of hydrogen-bond acceptors (Lipinski definition) is 8. The number of nitrogens with two attached hydrogens (primary N) is 2. The molecule has 176 valence electrons. The first kappa shape index (κ1) is 23.7. The maximum absolute atomic E-state index is 5.86. The zero-order chi connectivity index (χ0) is 24.2. The van der Waals surface area contributed by atoms with Crippen molar-refractivity contribution in [2.75, 3.05) is 37.0 Å². The largest absolute Gasteiger partial charge is 0.384 e. The lowest BCUT2D eigenvalue weighted by Crippen LogP contribution is -2.18. The van der Waals surface area contributed by atoms with Crippen molar-refractivity contribution in [1.82, 2.24) is 19.9 Å². The maximum Gasteiger partial charge on any atom is 0.190 e. The standard InChI is InChI=1S/C26H31N7S/c1-5-12-33(26-29-21(16-34-26)25-30-23(27)14-24(28)31-25)22-13-20(9-6-17(22)2)19-10-7-18(8-11-19)15-32(3)4/h6-11,13-14,16H,5,12,15H2,1-4H3,(H4,27,28,30,31). The summed E-state index contributed by atoms with van der Waals surface area (Å²) in [6.45, 7) is 6.08. The molecule has 0 aliphatic rings. The van der Waals surface area contributed by atoms with Crippen molar-refractivity contribution in [3.8, 4) is 22.6 Å². The number of rotatable bonds is 8. The Morgan fingerprint density at radius 2 is 1.56 bits per heavy atom. The summed E-state index contributed by atoms with van der Waals surface area (Å²) >= 11 is 1.57. The topological polar surface area (TPSA) is 97.2 Å². The van der Waals surface area contributed by atoms with Gasteiger partial charge in [0.05, 0.1) is 0 Å². The fourth-order valence-electron chi connectivity index (χ4n) is 3.88. The Bertz CT molecular complexity index is 1240. The Morgan fingerprint density at radius 1 is 0.882 bits per heavy atom. The van der Waals surface area contributed by atoms with Crippen LogP contribution in [0.15, 0.2) is 53.9 Å². The van der Waals surface area contributed by atoms with E-state index < -0.39 is 0 Å². The Kier molecular flexibility index (Phi) is 7.09. The number of aryl methyl sites for hydroxylation is 1. The molecule has 0 atom stereocenters. The number of hydrogen-bond donors (Lipinski definition) is 2. The summed E-state index contributed by atoms with van der Waals surface area (Å²) in [6.07, 6.45) is 0.986. The highest BCUT2D eigenvalue weighted by atomic mass is 32.1. The first-order valence-corrected chi connectivity index (χ1v) is 12.2. The fraction of sp³-hybridized carbons (Fsp3) is 0.269. The van der Waals surface area contributed by atoms with Crippen molar-refractivity contribution in [3.63, 3.8) is 0 Å². The molecule has 0 bridgehead atoms. The number of benzene rings is 2. The van der Waals surface area contributed by atoms with E-state index in [9.17, 15) is 0 Å². The second-order valence-corrected chi connectivity index (χ2v) is 9.48. The van der Waals surface area contributed by atoms with E-state index in [-0.39, 0.29) is 0 Å². The second kappa shape index (κ2) is 10.2. The maximum atomic E-state index is 5.86. The monoisotopic (exact) mass is 473 g/mol. The molecule has 0 aliphatic heterocycles. The van der Waals surface area contributed by atoms with Gasteiger partial charge < -0.3 is 21.3 Å². The van der Waals surface area contributed by atoms with E-state index in [0.717, 1.165) is 30.3 Å². The van der Waals surface area contributed by atoms with Crippen LogP contribution in [0.3, 0.4) is 0 Å². The molecule has 7 nitrogen and oxygen atoms in total. The van der Waals surface area contributed by atoms with Gasteiger partial charge in [-0.2, -0.15) is 0 Å². The van der Waals surface area contributed by atoms with E-state index in [4.69, 9.17) is 16.5 Å². The third-order valence-electron chi connectivity index (χ3n) is 5.45. The first-order chi connectivity index (χ1) is 16.3. The molecule has 0 radical (unpaired) electrons. The second-order valence-electron chi connectivity index (χ2n) is 8.64. The SMILES string of the molecule is CCCN(c1nc(-c2nc(N)cc(N)n2)cs1)c1cc(-c2ccc(CN(C)C)cc2)ccc1C. The van der Waals surface area contributed by atoms with Crippen LogP contribution in [-0.2, 0) is 6.54 Å². The highest BCUT2D eigenvalue weighted by Crippen LogP contribution is 2.36. The summed E-state index contributed by atoms with van der Waals surface area (Å²) in [5, 5.41) is 2.84. The molecule has 2 aromatic carbocycles. The van der Waals surface area contributed by atoms with Gasteiger partial charge in [-0.05, 0) is 55.8 Å². The van der Waals surface area contributed by atoms with Gasteiger partial charge in [-0.3, -0.25) is 0 Å². The molecule has 0 unspecified atom stereocenters. The number of aromatic nitrogens is 3. The zero-order valence-electron chi connectivity index (χ0n) is 20.1. The Morgan fingerprint density at radius 3 is 2.21 bits per heavy atom. The van der Waals surface area contributed by atoms with Gasteiger partial charge >= 0.3 is 0 Å². The van der Waals surface area contributed by atoms with Crippen LogP contribution >= 0.6 is 11.3 Å². The lowest BCUT2D eigenvalue weighted by Gasteiger charge is -2.24. The number of nitrogens with zero attached hydrogens (tertiary/aromatic N) is 5. The van der Waals surface area contributed by atoms with Crippen LogP contribution in [0.4, 0.5) is 22.5 Å². The molecule has 4 aromatic rings. The predicted octanol–water partition coefficient (Wildman–Crippen LogP) is 5.35. The molecule has 2 heterocycles. The van der Waals surface area contributed by atoms with Crippen LogP contribution in [-0.4, -0.2) is 40.5 Å². The summed E-state index contributed by atoms with van der Waals surface area (Å²) < 4.78 is 0. The molecule has 0 saturated heterocycles. The summed E-state index contributed by atoms with van der Waals surface area (Å²) in [6, 6.07) is 16.9. The molecule has 4 N–H and O–H groups in total. The van der Waals surface area contributed by atoms with Crippen LogP contribution in [0.1, 0.15) is 24.5 Å². The van der Waals surface area contributed by atoms with Crippen molar-refractivity contribution in [1.29, 1.82) is 0 Å². The lowest BCUT2D eigenvalue weighted by atomic mass is 10.0. The molecule has 0 saturated carbocycles. The van der Waals surface area contributed by atoms with Gasteiger partial charge in [0.1, 0.15) is 17.3 Å². The lowest BCUT2D eigenvalue weighted by molar-refractivity contribution is 0.402. The van der Waals surface area contributed by atoms with Crippen LogP contribution < -0.4 is 16.4 Å². The van der Waals surface area contributed by atoms with E-state index >= 15 is 0 Å². The third-order valence-corrected chi connectivity index (χ3v) is 6.31. The summed E-state index contributed by atoms with van der Waals surface area (Å²) in [5.74, 6) is 1.12. The van der Waals surface area contributed by atoms with Gasteiger partial charge in [-0.25, -0.2) is 15.0 Å². The first-order valence-electron chi connectivity index (χ1n) is 11.3. The van der Waals surface area contributed by atoms with Gasteiger partial charge in [-0.1, -0.05) is 43.3 Å². The van der Waals surface area contributed by atoms with E-state index in [1.165, 1.54) is 22.3 Å². The van der Waals surface area contributed by atoms with Crippen LogP contribution in [0, 0.1) is 6.92 Å². The van der Waals surface area contributed by atoms with E-state index in [1.807, 2.05) is 5.38 Å². The van der Waals surface area contributed by atoms with Crippen molar-refractivity contribution in [2.24, 2.45) is 0 Å². The fourth-order valence-corrected chi connectivity index (χ4v) is 4.72. The van der Waals surface area contributed by atoms with Crippen LogP contribution in [0.2, 0.25) is 0 Å². The van der Waals surface area contributed by atoms with Crippen molar-refractivity contribution < 1.29 is 0 Å². The van der Waals surface area contributed by atoms with Crippen LogP contribution in [0.25, 0.3) is 22.6 Å². The zero-order valence-corrected chi connectivity index (χ0v) is 20.9. The smallest absolute Gasteiger partial charge is 0.190 e. The molecule has 0 spiro atoms. The van der Waals surface area contributed by atoms with Crippen molar-refractivity contribution in [2.45, 2.75) is 26.8 Å². The van der Waals surface area contributed by atoms with E-state index in [0.29, 0.717) is 23.2 Å². The van der Waals surface area contributed by atoms with Gasteiger partial charge in [-0.15, -0.1) is 11.3 Å². The Labute approximate surface area is 205 Å². The number of nitrogen functional groups attached to an aromatic ring is 2. The minimum absolute atomic E-state index is 0.336. The van der Waals surface area contributed by atoms with Crippen molar-refractivity contribution >= 4 is 33.8 Å². The summed E-state index contributed by atoms with van der Waals surface area (Å²) in [7, 11) is 4.17. The number of anilines is 4. The van der Waals surface area contributed by atoms with Gasteiger partial charge in [0.15, 0.2) is 11.0 Å². The molecule has 4 rings (SSSR count). The third kappa shape index (κ3) is 5.35. The van der Waals surface area contributed by atoms with Crippen molar-refractivity contribution in [3.05, 3.63) is 65.0 Å². The molecular formula is C26H31N7S. The summed E-state index contributed by atoms with van der Waals surface area (Å²) in [5.41, 5.74) is 18.4. The quantitative estimate of drug-likeness (QED) is 0.356. The predicted molar refractivity (Wildman–Crippen MR) is 143 cm³/mol.